The fraction of sp³-hybridized carbons (Fsp3) is 0.462. The van der Waals surface area contributed by atoms with Crippen molar-refractivity contribution in [1.29, 1.82) is 0 Å². The Balaban J connectivity index is 2.20. The van der Waals surface area contributed by atoms with E-state index < -0.39 is 16.9 Å². The lowest BCUT2D eigenvalue weighted by Gasteiger charge is -2.26. The molecule has 0 amide bonds. The van der Waals surface area contributed by atoms with Crippen molar-refractivity contribution in [3.8, 4) is 0 Å². The van der Waals surface area contributed by atoms with E-state index in [1.165, 1.54) is 6.07 Å². The first-order chi connectivity index (χ1) is 9.40. The second-order valence-electron chi connectivity index (χ2n) is 4.96. The summed E-state index contributed by atoms with van der Waals surface area (Å²) in [6.07, 6.45) is 1.96. The van der Waals surface area contributed by atoms with E-state index in [0.29, 0.717) is 11.0 Å². The number of nitro benzene ring substituents is 1. The van der Waals surface area contributed by atoms with Gasteiger partial charge in [-0.15, -0.1) is 0 Å². The van der Waals surface area contributed by atoms with Gasteiger partial charge in [0.05, 0.1) is 9.40 Å². The summed E-state index contributed by atoms with van der Waals surface area (Å²) in [7, 11) is 0. The molecule has 7 heteroatoms. The summed E-state index contributed by atoms with van der Waals surface area (Å²) < 4.78 is 0.426. The first kappa shape index (κ1) is 14.9. The van der Waals surface area contributed by atoms with Gasteiger partial charge in [0.15, 0.2) is 0 Å². The Morgan fingerprint density at radius 3 is 2.75 bits per heavy atom. The van der Waals surface area contributed by atoms with Crippen LogP contribution in [0, 0.1) is 10.1 Å². The SMILES string of the molecule is CC(C(=O)O)N(Cc1ccc(Br)c([N+](=O)[O-])c1)C1CC1. The second-order valence-corrected chi connectivity index (χ2v) is 5.81. The van der Waals surface area contributed by atoms with E-state index >= 15 is 0 Å². The molecular formula is C13H15BrN2O4. The molecule has 0 aliphatic heterocycles. The van der Waals surface area contributed by atoms with Crippen molar-refractivity contribution in [3.05, 3.63) is 38.3 Å². The van der Waals surface area contributed by atoms with Crippen LogP contribution in [0.4, 0.5) is 5.69 Å². The third kappa shape index (κ3) is 3.34. The predicted molar refractivity (Wildman–Crippen MR) is 76.5 cm³/mol. The number of benzene rings is 1. The third-order valence-electron chi connectivity index (χ3n) is 3.44. The number of hydrogen-bond donors (Lipinski definition) is 1. The summed E-state index contributed by atoms with van der Waals surface area (Å²) in [4.78, 5) is 23.5. The van der Waals surface area contributed by atoms with Gasteiger partial charge in [0.25, 0.3) is 5.69 Å². The van der Waals surface area contributed by atoms with Crippen LogP contribution in [0.3, 0.4) is 0 Å². The van der Waals surface area contributed by atoms with Crippen LogP contribution >= 0.6 is 15.9 Å². The first-order valence-electron chi connectivity index (χ1n) is 6.31. The standard InChI is InChI=1S/C13H15BrN2O4/c1-8(13(17)18)15(10-3-4-10)7-9-2-5-11(14)12(6-9)16(19)20/h2,5-6,8,10H,3-4,7H2,1H3,(H,17,18). The van der Waals surface area contributed by atoms with Crippen molar-refractivity contribution in [1.82, 2.24) is 4.90 Å². The first-order valence-corrected chi connectivity index (χ1v) is 7.11. The Morgan fingerprint density at radius 1 is 1.60 bits per heavy atom. The average molecular weight is 343 g/mol. The molecule has 0 heterocycles. The lowest BCUT2D eigenvalue weighted by molar-refractivity contribution is -0.385. The maximum Gasteiger partial charge on any atom is 0.320 e. The fourth-order valence-corrected chi connectivity index (χ4v) is 2.53. The lowest BCUT2D eigenvalue weighted by Crippen LogP contribution is -2.40. The quantitative estimate of drug-likeness (QED) is 0.634. The Morgan fingerprint density at radius 2 is 2.25 bits per heavy atom. The largest absolute Gasteiger partial charge is 0.480 e. The average Bonchev–Trinajstić information content (AvgIpc) is 3.20. The molecule has 108 valence electrons. The summed E-state index contributed by atoms with van der Waals surface area (Å²) in [5.74, 6) is -0.872. The van der Waals surface area contributed by atoms with Gasteiger partial charge >= 0.3 is 5.97 Å². The molecule has 1 aliphatic carbocycles. The molecule has 2 rings (SSSR count). The zero-order chi connectivity index (χ0) is 14.9. The molecule has 0 radical (unpaired) electrons. The predicted octanol–water partition coefficient (Wildman–Crippen LogP) is 2.79. The van der Waals surface area contributed by atoms with Crippen LogP contribution in [0.2, 0.25) is 0 Å². The van der Waals surface area contributed by atoms with Crippen molar-refractivity contribution in [2.45, 2.75) is 38.4 Å². The van der Waals surface area contributed by atoms with Crippen molar-refractivity contribution in [3.63, 3.8) is 0 Å². The Hall–Kier alpha value is -1.47. The van der Waals surface area contributed by atoms with Crippen LogP contribution < -0.4 is 0 Å². The Kier molecular flexibility index (Phi) is 4.39. The molecule has 1 unspecified atom stereocenters. The van der Waals surface area contributed by atoms with Gasteiger partial charge < -0.3 is 5.11 Å². The number of carboxylic acid groups (broad SMARTS) is 1. The fourth-order valence-electron chi connectivity index (χ4n) is 2.14. The van der Waals surface area contributed by atoms with Crippen LogP contribution in [0.25, 0.3) is 0 Å². The third-order valence-corrected chi connectivity index (χ3v) is 4.11. The zero-order valence-electron chi connectivity index (χ0n) is 11.0. The van der Waals surface area contributed by atoms with Crippen LogP contribution in [0.15, 0.2) is 22.7 Å². The van der Waals surface area contributed by atoms with E-state index in [9.17, 15) is 14.9 Å². The number of aliphatic carboxylic acids is 1. The maximum absolute atomic E-state index is 11.1. The van der Waals surface area contributed by atoms with E-state index in [-0.39, 0.29) is 11.7 Å². The maximum atomic E-state index is 11.1. The van der Waals surface area contributed by atoms with E-state index in [0.717, 1.165) is 18.4 Å². The number of carbonyl (C=O) groups is 1. The molecular weight excluding hydrogens is 328 g/mol. The minimum Gasteiger partial charge on any atom is -0.480 e. The zero-order valence-corrected chi connectivity index (χ0v) is 12.5. The van der Waals surface area contributed by atoms with Crippen molar-refractivity contribution >= 4 is 27.6 Å². The minimum atomic E-state index is -0.872. The number of carboxylic acids is 1. The molecule has 1 aromatic rings. The smallest absolute Gasteiger partial charge is 0.320 e. The topological polar surface area (TPSA) is 83.7 Å². The molecule has 20 heavy (non-hydrogen) atoms. The molecule has 0 aromatic heterocycles. The van der Waals surface area contributed by atoms with Crippen molar-refractivity contribution in [2.24, 2.45) is 0 Å². The van der Waals surface area contributed by atoms with Crippen molar-refractivity contribution < 1.29 is 14.8 Å². The van der Waals surface area contributed by atoms with Gasteiger partial charge in [0.1, 0.15) is 6.04 Å². The molecule has 0 bridgehead atoms. The second kappa shape index (κ2) is 5.88. The minimum absolute atomic E-state index is 0.00113. The summed E-state index contributed by atoms with van der Waals surface area (Å²) in [5.41, 5.74) is 0.751. The highest BCUT2D eigenvalue weighted by Gasteiger charge is 2.35. The van der Waals surface area contributed by atoms with Gasteiger partial charge in [-0.3, -0.25) is 19.8 Å². The molecule has 1 aliphatic rings. The summed E-state index contributed by atoms with van der Waals surface area (Å²) in [5, 5.41) is 20.1. The van der Waals surface area contributed by atoms with Gasteiger partial charge in [0.2, 0.25) is 0 Å². The van der Waals surface area contributed by atoms with Crippen LogP contribution in [-0.2, 0) is 11.3 Å². The number of nitro groups is 1. The number of halogens is 1. The van der Waals surface area contributed by atoms with Gasteiger partial charge in [-0.2, -0.15) is 0 Å². The highest BCUT2D eigenvalue weighted by atomic mass is 79.9. The normalized spacial score (nSPS) is 16.1. The summed E-state index contributed by atoms with van der Waals surface area (Å²) >= 11 is 3.14. The summed E-state index contributed by atoms with van der Waals surface area (Å²) in [6.45, 7) is 2.06. The molecule has 0 saturated heterocycles. The molecule has 1 atom stereocenters. The summed E-state index contributed by atoms with van der Waals surface area (Å²) in [6, 6.07) is 4.58. The monoisotopic (exact) mass is 342 g/mol. The van der Waals surface area contributed by atoms with E-state index in [1.807, 2.05) is 4.90 Å². The molecule has 6 nitrogen and oxygen atoms in total. The lowest BCUT2D eigenvalue weighted by atomic mass is 10.1. The van der Waals surface area contributed by atoms with Gasteiger partial charge in [-0.05, 0) is 47.3 Å². The van der Waals surface area contributed by atoms with E-state index in [1.54, 1.807) is 19.1 Å². The molecule has 1 N–H and O–H groups in total. The highest BCUT2D eigenvalue weighted by Crippen LogP contribution is 2.32. The molecule has 0 spiro atoms. The molecule has 1 fully saturated rings. The van der Waals surface area contributed by atoms with Crippen LogP contribution in [0.5, 0.6) is 0 Å². The highest BCUT2D eigenvalue weighted by molar-refractivity contribution is 9.10. The van der Waals surface area contributed by atoms with E-state index in [2.05, 4.69) is 15.9 Å². The molecule has 1 aromatic carbocycles. The van der Waals surface area contributed by atoms with Crippen LogP contribution in [-0.4, -0.2) is 33.0 Å². The van der Waals surface area contributed by atoms with Gasteiger partial charge in [0, 0.05) is 18.7 Å². The number of nitrogens with zero attached hydrogens (tertiary/aromatic N) is 2. The number of rotatable bonds is 6. The van der Waals surface area contributed by atoms with Crippen LogP contribution in [0.1, 0.15) is 25.3 Å². The van der Waals surface area contributed by atoms with Crippen molar-refractivity contribution in [2.75, 3.05) is 0 Å². The Labute approximate surface area is 124 Å². The number of hydrogen-bond acceptors (Lipinski definition) is 4. The van der Waals surface area contributed by atoms with Gasteiger partial charge in [-0.25, -0.2) is 0 Å². The van der Waals surface area contributed by atoms with Gasteiger partial charge in [-0.1, -0.05) is 6.07 Å². The van der Waals surface area contributed by atoms with E-state index in [4.69, 9.17) is 5.11 Å². The Bertz CT molecular complexity index is 545. The molecule has 1 saturated carbocycles.